The molecule has 0 aromatic carbocycles. The van der Waals surface area contributed by atoms with Crippen molar-refractivity contribution in [2.24, 2.45) is 15.8 Å². The van der Waals surface area contributed by atoms with Crippen molar-refractivity contribution < 1.29 is 4.79 Å². The molecule has 1 heterocycles. The molecule has 1 aliphatic heterocycles. The molecule has 0 aromatic heterocycles. The van der Waals surface area contributed by atoms with E-state index in [-0.39, 0.29) is 16.7 Å². The predicted molar refractivity (Wildman–Crippen MR) is 64.1 cm³/mol. The monoisotopic (exact) mass is 207 g/mol. The molecule has 0 atom stereocenters. The molecule has 0 N–H and O–H groups in total. The van der Waals surface area contributed by atoms with E-state index in [0.717, 1.165) is 12.0 Å². The minimum atomic E-state index is -0.114. The van der Waals surface area contributed by atoms with Crippen LogP contribution in [0.2, 0.25) is 0 Å². The fraction of sp³-hybridized carbons (Fsp3) is 0.692. The molecule has 0 saturated carbocycles. The molecule has 1 rings (SSSR count). The van der Waals surface area contributed by atoms with Crippen molar-refractivity contribution in [2.45, 2.75) is 48.0 Å². The maximum atomic E-state index is 11.8. The highest BCUT2D eigenvalue weighted by Gasteiger charge is 2.33. The van der Waals surface area contributed by atoms with Gasteiger partial charge in [0.1, 0.15) is 0 Å². The first-order chi connectivity index (χ1) is 6.64. The topological polar surface area (TPSA) is 29.4 Å². The van der Waals surface area contributed by atoms with Crippen molar-refractivity contribution in [2.75, 3.05) is 0 Å². The second-order valence-electron chi connectivity index (χ2n) is 6.17. The Labute approximate surface area is 92.5 Å². The van der Waals surface area contributed by atoms with Gasteiger partial charge in [-0.3, -0.25) is 4.79 Å². The van der Waals surface area contributed by atoms with Crippen LogP contribution in [0.3, 0.4) is 0 Å². The van der Waals surface area contributed by atoms with Gasteiger partial charge in [-0.15, -0.1) is 0 Å². The summed E-state index contributed by atoms with van der Waals surface area (Å²) < 4.78 is 0. The number of nitrogens with zero attached hydrogens (tertiary/aromatic N) is 1. The average molecular weight is 207 g/mol. The third-order valence-electron chi connectivity index (χ3n) is 2.67. The summed E-state index contributed by atoms with van der Waals surface area (Å²) in [7, 11) is 0. The van der Waals surface area contributed by atoms with Crippen LogP contribution in [-0.2, 0) is 4.79 Å². The lowest BCUT2D eigenvalue weighted by Gasteiger charge is -2.32. The number of hydrogen-bond donors (Lipinski definition) is 0. The van der Waals surface area contributed by atoms with Gasteiger partial charge < -0.3 is 0 Å². The van der Waals surface area contributed by atoms with Gasteiger partial charge in [-0.1, -0.05) is 47.1 Å². The Hall–Kier alpha value is -0.920. The predicted octanol–water partition coefficient (Wildman–Crippen LogP) is 3.38. The smallest absolute Gasteiger partial charge is 0.267 e. The second kappa shape index (κ2) is 3.58. The van der Waals surface area contributed by atoms with E-state index < -0.39 is 0 Å². The summed E-state index contributed by atoms with van der Waals surface area (Å²) in [6.45, 7) is 12.7. The number of carbonyl (C=O) groups is 1. The Morgan fingerprint density at radius 3 is 1.93 bits per heavy atom. The second-order valence-corrected chi connectivity index (χ2v) is 6.17. The summed E-state index contributed by atoms with van der Waals surface area (Å²) in [5.74, 6) is -0.0568. The van der Waals surface area contributed by atoms with Crippen LogP contribution in [0.5, 0.6) is 0 Å². The maximum Gasteiger partial charge on any atom is 0.273 e. The van der Waals surface area contributed by atoms with Crippen molar-refractivity contribution in [3.05, 3.63) is 11.1 Å². The zero-order valence-corrected chi connectivity index (χ0v) is 10.6. The molecule has 0 spiro atoms. The molecule has 0 unspecified atom stereocenters. The van der Waals surface area contributed by atoms with Crippen molar-refractivity contribution in [3.63, 3.8) is 0 Å². The van der Waals surface area contributed by atoms with Crippen molar-refractivity contribution in [3.8, 4) is 0 Å². The van der Waals surface area contributed by atoms with E-state index in [2.05, 4.69) is 46.5 Å². The fourth-order valence-corrected chi connectivity index (χ4v) is 1.97. The summed E-state index contributed by atoms with van der Waals surface area (Å²) in [6, 6.07) is 0. The first-order valence-corrected chi connectivity index (χ1v) is 5.45. The lowest BCUT2D eigenvalue weighted by molar-refractivity contribution is -0.115. The fourth-order valence-electron chi connectivity index (χ4n) is 1.97. The van der Waals surface area contributed by atoms with E-state index in [1.165, 1.54) is 5.57 Å². The molecular weight excluding hydrogens is 186 g/mol. The van der Waals surface area contributed by atoms with Crippen LogP contribution in [-0.4, -0.2) is 12.1 Å². The number of carbonyl (C=O) groups excluding carboxylic acids is 1. The van der Waals surface area contributed by atoms with Crippen molar-refractivity contribution >= 4 is 12.1 Å². The van der Waals surface area contributed by atoms with Gasteiger partial charge in [0.15, 0.2) is 0 Å². The standard InChI is InChI=1S/C13H21NO/c1-12(2,3)9-7-8-14-11(15)10(9)13(4,5)6/h8H,7H2,1-6H3. The van der Waals surface area contributed by atoms with Gasteiger partial charge in [0.25, 0.3) is 5.91 Å². The van der Waals surface area contributed by atoms with Gasteiger partial charge in [0.05, 0.1) is 0 Å². The summed E-state index contributed by atoms with van der Waals surface area (Å²) in [4.78, 5) is 15.8. The van der Waals surface area contributed by atoms with Crippen molar-refractivity contribution in [1.82, 2.24) is 0 Å². The lowest BCUT2D eigenvalue weighted by Crippen LogP contribution is -2.27. The zero-order valence-electron chi connectivity index (χ0n) is 10.6. The molecule has 0 aliphatic carbocycles. The van der Waals surface area contributed by atoms with Gasteiger partial charge in [0, 0.05) is 18.2 Å². The molecule has 2 heteroatoms. The number of amides is 1. The molecule has 0 bridgehead atoms. The van der Waals surface area contributed by atoms with Gasteiger partial charge in [-0.2, -0.15) is 0 Å². The van der Waals surface area contributed by atoms with Crippen LogP contribution in [0, 0.1) is 10.8 Å². The normalized spacial score (nSPS) is 18.7. The average Bonchev–Trinajstić information content (AvgIpc) is 1.99. The molecule has 1 aliphatic rings. The van der Waals surface area contributed by atoms with Gasteiger partial charge in [-0.25, -0.2) is 4.99 Å². The van der Waals surface area contributed by atoms with Crippen molar-refractivity contribution in [1.29, 1.82) is 0 Å². The molecule has 0 fully saturated rings. The Bertz CT molecular complexity index is 335. The van der Waals surface area contributed by atoms with E-state index in [9.17, 15) is 4.79 Å². The van der Waals surface area contributed by atoms with Crippen LogP contribution in [0.25, 0.3) is 0 Å². The largest absolute Gasteiger partial charge is 0.273 e. The van der Waals surface area contributed by atoms with Crippen LogP contribution < -0.4 is 0 Å². The first kappa shape index (κ1) is 12.2. The summed E-state index contributed by atoms with van der Waals surface area (Å²) >= 11 is 0. The van der Waals surface area contributed by atoms with Crippen LogP contribution in [0.1, 0.15) is 48.0 Å². The molecule has 15 heavy (non-hydrogen) atoms. The van der Waals surface area contributed by atoms with Gasteiger partial charge in [-0.05, 0) is 10.8 Å². The third kappa shape index (κ3) is 2.55. The molecule has 0 radical (unpaired) electrons. The quantitative estimate of drug-likeness (QED) is 0.598. The van der Waals surface area contributed by atoms with E-state index >= 15 is 0 Å². The summed E-state index contributed by atoms with van der Waals surface area (Å²) in [5, 5.41) is 0. The van der Waals surface area contributed by atoms with Gasteiger partial charge in [0.2, 0.25) is 0 Å². The summed E-state index contributed by atoms with van der Waals surface area (Å²) in [5.41, 5.74) is 2.06. The molecular formula is C13H21NO. The highest BCUT2D eigenvalue weighted by molar-refractivity contribution is 6.03. The Kier molecular flexibility index (Phi) is 2.90. The number of rotatable bonds is 0. The molecule has 0 saturated heterocycles. The Morgan fingerprint density at radius 2 is 1.60 bits per heavy atom. The van der Waals surface area contributed by atoms with Gasteiger partial charge >= 0.3 is 0 Å². The minimum absolute atomic E-state index is 0.0463. The van der Waals surface area contributed by atoms with E-state index in [0.29, 0.717) is 0 Å². The van der Waals surface area contributed by atoms with E-state index in [1.807, 2.05) is 0 Å². The lowest BCUT2D eigenvalue weighted by atomic mass is 9.73. The number of allylic oxidation sites excluding steroid dienone is 1. The van der Waals surface area contributed by atoms with E-state index in [4.69, 9.17) is 0 Å². The summed E-state index contributed by atoms with van der Waals surface area (Å²) in [6.07, 6.45) is 2.54. The van der Waals surface area contributed by atoms with Crippen LogP contribution in [0.15, 0.2) is 16.1 Å². The zero-order chi connectivity index (χ0) is 11.9. The Morgan fingerprint density at radius 1 is 1.07 bits per heavy atom. The molecule has 2 nitrogen and oxygen atoms in total. The molecule has 84 valence electrons. The SMILES string of the molecule is CC(C)(C)C1=C(C(C)(C)C)C(=O)N=CC1. The van der Waals surface area contributed by atoms with Crippen LogP contribution in [0.4, 0.5) is 0 Å². The number of hydrogen-bond acceptors (Lipinski definition) is 1. The highest BCUT2D eigenvalue weighted by Crippen LogP contribution is 2.39. The van der Waals surface area contributed by atoms with E-state index in [1.54, 1.807) is 6.21 Å². The Balaban J connectivity index is 3.32. The highest BCUT2D eigenvalue weighted by atomic mass is 16.1. The van der Waals surface area contributed by atoms with Crippen LogP contribution >= 0.6 is 0 Å². The maximum absolute atomic E-state index is 11.8. The third-order valence-corrected chi connectivity index (χ3v) is 2.67. The molecule has 1 amide bonds. The number of dihydropyridines is 1. The molecule has 0 aromatic rings. The number of aliphatic imine (C=N–C) groups is 1. The first-order valence-electron chi connectivity index (χ1n) is 5.45. The minimum Gasteiger partial charge on any atom is -0.267 e.